The number of nitrogens with zero attached hydrogens (tertiary/aromatic N) is 6. The van der Waals surface area contributed by atoms with E-state index in [9.17, 15) is 4.79 Å². The molecule has 0 saturated carbocycles. The molecule has 1 fully saturated rings. The molecule has 6 rings (SSSR count). The lowest BCUT2D eigenvalue weighted by Crippen LogP contribution is -2.45. The van der Waals surface area contributed by atoms with Crippen molar-refractivity contribution in [2.24, 2.45) is 0 Å². The Hall–Kier alpha value is -5.23. The first-order valence-electron chi connectivity index (χ1n) is 17.7. The molecule has 1 saturated heterocycles. The summed E-state index contributed by atoms with van der Waals surface area (Å²) in [5.74, 6) is 1.42. The average molecular weight is 759 g/mol. The molecule has 2 atom stereocenters. The van der Waals surface area contributed by atoms with Crippen molar-refractivity contribution in [3.8, 4) is 22.8 Å². The van der Waals surface area contributed by atoms with Crippen LogP contribution >= 0.6 is 11.6 Å². The normalized spacial score (nSPS) is 15.7. The van der Waals surface area contributed by atoms with Crippen LogP contribution < -0.4 is 19.3 Å². The van der Waals surface area contributed by atoms with Gasteiger partial charge in [-0.25, -0.2) is 14.2 Å². The summed E-state index contributed by atoms with van der Waals surface area (Å²) in [6.45, 7) is 10.6. The maximum absolute atomic E-state index is 16.8. The summed E-state index contributed by atoms with van der Waals surface area (Å²) >= 11 is 6.92. The minimum atomic E-state index is -1.09. The van der Waals surface area contributed by atoms with Gasteiger partial charge in [0, 0.05) is 32.1 Å². The Labute approximate surface area is 319 Å². The zero-order chi connectivity index (χ0) is 38.9. The number of aromatic nitrogens is 3. The standard InChI is InChI=1S/C41H45ClF2N6O4/c1-24-19-32(45-34(20-24)49(22-26-9-13-28(52-7)14-10-26)23-27-11-15-29(53-8)16-12-27)35-31(42)21-30-37(36(35)43)46-39(44)47-38(30)48(6)33-17-18-50(25(33)2)40(51)54-41(3,4)5/h9-16,19-21,25,33H,17-18,22-23H2,1-8H3/t25-,33-/m1/s1. The summed E-state index contributed by atoms with van der Waals surface area (Å²) in [5.41, 5.74) is 2.24. The summed E-state index contributed by atoms with van der Waals surface area (Å²) in [4.78, 5) is 31.4. The van der Waals surface area contributed by atoms with E-state index in [-0.39, 0.29) is 45.1 Å². The second kappa shape index (κ2) is 15.6. The summed E-state index contributed by atoms with van der Waals surface area (Å²) in [5, 5.41) is 0.308. The number of likely N-dealkylation sites (tertiary alicyclic amines) is 1. The number of fused-ring (bicyclic) bond motifs is 1. The van der Waals surface area contributed by atoms with E-state index in [1.807, 2.05) is 89.2 Å². The number of halogens is 3. The highest BCUT2D eigenvalue weighted by Gasteiger charge is 2.39. The number of carbonyl (C=O) groups is 1. The van der Waals surface area contributed by atoms with Crippen molar-refractivity contribution in [1.82, 2.24) is 19.9 Å². The highest BCUT2D eigenvalue weighted by Crippen LogP contribution is 2.39. The van der Waals surface area contributed by atoms with Crippen LogP contribution in [0, 0.1) is 18.8 Å². The zero-order valence-electron chi connectivity index (χ0n) is 31.8. The average Bonchev–Trinajstić information content (AvgIpc) is 3.52. The highest BCUT2D eigenvalue weighted by molar-refractivity contribution is 6.34. The van der Waals surface area contributed by atoms with Gasteiger partial charge in [0.25, 0.3) is 0 Å². The fourth-order valence-corrected chi connectivity index (χ4v) is 7.18. The van der Waals surface area contributed by atoms with Gasteiger partial charge >= 0.3 is 12.2 Å². The molecule has 0 unspecified atom stereocenters. The topological polar surface area (TPSA) is 93.2 Å². The number of anilines is 2. The van der Waals surface area contributed by atoms with Crippen LogP contribution in [-0.4, -0.2) is 71.4 Å². The van der Waals surface area contributed by atoms with Gasteiger partial charge in [-0.3, -0.25) is 0 Å². The van der Waals surface area contributed by atoms with E-state index in [1.54, 1.807) is 43.2 Å². The fourth-order valence-electron chi connectivity index (χ4n) is 6.89. The van der Waals surface area contributed by atoms with Crippen LogP contribution in [0.15, 0.2) is 66.7 Å². The van der Waals surface area contributed by atoms with E-state index in [0.29, 0.717) is 31.9 Å². The number of hydrogen-bond acceptors (Lipinski definition) is 9. The summed E-state index contributed by atoms with van der Waals surface area (Å²) in [7, 11) is 4.99. The van der Waals surface area contributed by atoms with Gasteiger partial charge in [0.05, 0.1) is 42.6 Å². The summed E-state index contributed by atoms with van der Waals surface area (Å²) < 4.78 is 48.3. The monoisotopic (exact) mass is 758 g/mol. The van der Waals surface area contributed by atoms with Crippen molar-refractivity contribution >= 4 is 40.2 Å². The molecule has 1 aliphatic heterocycles. The highest BCUT2D eigenvalue weighted by atomic mass is 35.5. The van der Waals surface area contributed by atoms with Crippen LogP contribution in [0.1, 0.15) is 50.8 Å². The molecule has 1 amide bonds. The molecule has 5 aromatic rings. The van der Waals surface area contributed by atoms with Gasteiger partial charge in [-0.05, 0) is 100 Å². The number of hydrogen-bond donors (Lipinski definition) is 0. The SMILES string of the molecule is COc1ccc(CN(Cc2ccc(OC)cc2)c2cc(C)cc(-c3c(Cl)cc4c(N(C)[C@@H]5CCN(C(=O)OC(C)(C)C)[C@@H]5C)nc(F)nc4c3F)n2)cc1. The third kappa shape index (κ3) is 8.28. The Morgan fingerprint density at radius 1 is 0.926 bits per heavy atom. The third-order valence-corrected chi connectivity index (χ3v) is 9.91. The lowest BCUT2D eigenvalue weighted by molar-refractivity contribution is 0.0233. The maximum Gasteiger partial charge on any atom is 0.410 e. The van der Waals surface area contributed by atoms with Crippen molar-refractivity contribution in [1.29, 1.82) is 0 Å². The van der Waals surface area contributed by atoms with E-state index in [1.165, 1.54) is 0 Å². The van der Waals surface area contributed by atoms with Gasteiger partial charge in [-0.2, -0.15) is 14.4 Å². The van der Waals surface area contributed by atoms with Crippen molar-refractivity contribution in [2.75, 3.05) is 37.6 Å². The Morgan fingerprint density at radius 2 is 1.52 bits per heavy atom. The van der Waals surface area contributed by atoms with Crippen LogP contribution in [0.5, 0.6) is 11.5 Å². The van der Waals surface area contributed by atoms with Gasteiger partial charge in [0.2, 0.25) is 0 Å². The predicted octanol–water partition coefficient (Wildman–Crippen LogP) is 8.99. The molecule has 13 heteroatoms. The van der Waals surface area contributed by atoms with E-state index in [0.717, 1.165) is 28.2 Å². The number of rotatable bonds is 10. The molecule has 284 valence electrons. The Morgan fingerprint density at radius 3 is 2.07 bits per heavy atom. The third-order valence-electron chi connectivity index (χ3n) is 9.61. The summed E-state index contributed by atoms with van der Waals surface area (Å²) in [6, 6.07) is 20.2. The number of pyridine rings is 1. The van der Waals surface area contributed by atoms with Crippen LogP contribution in [0.25, 0.3) is 22.2 Å². The Balaban J connectivity index is 1.37. The second-order valence-electron chi connectivity index (χ2n) is 14.6. The number of methoxy groups -OCH3 is 2. The van der Waals surface area contributed by atoms with Crippen molar-refractivity contribution in [2.45, 2.75) is 71.8 Å². The Bertz CT molecular complexity index is 2100. The number of likely N-dealkylation sites (N-methyl/N-ethyl adjacent to an activating group) is 1. The molecular weight excluding hydrogens is 714 g/mol. The fraction of sp³-hybridized carbons (Fsp3) is 0.366. The molecule has 3 heterocycles. The molecule has 0 spiro atoms. The molecule has 2 aromatic heterocycles. The van der Waals surface area contributed by atoms with Crippen molar-refractivity contribution in [3.05, 3.63) is 100 Å². The van der Waals surface area contributed by atoms with E-state index < -0.39 is 23.6 Å². The first kappa shape index (κ1) is 38.5. The second-order valence-corrected chi connectivity index (χ2v) is 15.0. The van der Waals surface area contributed by atoms with Crippen molar-refractivity contribution in [3.63, 3.8) is 0 Å². The van der Waals surface area contributed by atoms with Gasteiger partial charge in [0.1, 0.15) is 34.3 Å². The molecule has 10 nitrogen and oxygen atoms in total. The van der Waals surface area contributed by atoms with E-state index in [4.69, 9.17) is 30.8 Å². The van der Waals surface area contributed by atoms with Gasteiger partial charge in [0.15, 0.2) is 5.82 Å². The van der Waals surface area contributed by atoms with E-state index >= 15 is 8.78 Å². The van der Waals surface area contributed by atoms with Crippen LogP contribution in [0.2, 0.25) is 5.02 Å². The zero-order valence-corrected chi connectivity index (χ0v) is 32.5. The number of ether oxygens (including phenoxy) is 3. The first-order valence-corrected chi connectivity index (χ1v) is 18.1. The van der Waals surface area contributed by atoms with Crippen molar-refractivity contribution < 1.29 is 27.8 Å². The molecule has 0 bridgehead atoms. The molecule has 0 radical (unpaired) electrons. The van der Waals surface area contributed by atoms with E-state index in [2.05, 4.69) is 14.9 Å². The molecular formula is C41H45ClF2N6O4. The molecule has 1 aliphatic rings. The van der Waals surface area contributed by atoms with Gasteiger partial charge in [-0.1, -0.05) is 35.9 Å². The minimum Gasteiger partial charge on any atom is -0.497 e. The van der Waals surface area contributed by atoms with Crippen LogP contribution in [0.3, 0.4) is 0 Å². The number of aryl methyl sites for hydroxylation is 1. The lowest BCUT2D eigenvalue weighted by Gasteiger charge is -2.33. The summed E-state index contributed by atoms with van der Waals surface area (Å²) in [6.07, 6.45) is -0.952. The largest absolute Gasteiger partial charge is 0.497 e. The molecule has 54 heavy (non-hydrogen) atoms. The number of amides is 1. The van der Waals surface area contributed by atoms with Crippen LogP contribution in [0.4, 0.5) is 25.2 Å². The van der Waals surface area contributed by atoms with Gasteiger partial charge in [-0.15, -0.1) is 0 Å². The smallest absolute Gasteiger partial charge is 0.410 e. The quantitative estimate of drug-likeness (QED) is 0.129. The Kier molecular flexibility index (Phi) is 11.1. The minimum absolute atomic E-state index is 0.0000000233. The van der Waals surface area contributed by atoms with Crippen LogP contribution in [-0.2, 0) is 17.8 Å². The first-order chi connectivity index (χ1) is 25.6. The molecule has 0 N–H and O–H groups in total. The molecule has 3 aromatic carbocycles. The lowest BCUT2D eigenvalue weighted by atomic mass is 10.0. The van der Waals surface area contributed by atoms with Gasteiger partial charge < -0.3 is 28.9 Å². The number of carbonyl (C=O) groups excluding carboxylic acids is 1. The maximum atomic E-state index is 16.8. The molecule has 0 aliphatic carbocycles. The predicted molar refractivity (Wildman–Crippen MR) is 208 cm³/mol. The number of benzene rings is 3.